The Kier molecular flexibility index (Phi) is 5.62. The molecule has 0 heterocycles. The molecule has 0 aliphatic rings. The zero-order valence-corrected chi connectivity index (χ0v) is 10.1. The maximum Gasteiger partial charge on any atom is 0.411 e. The van der Waals surface area contributed by atoms with Gasteiger partial charge in [-0.15, -0.1) is 0 Å². The molecule has 0 saturated heterocycles. The Bertz CT molecular complexity index is 404. The fourth-order valence-electron chi connectivity index (χ4n) is 1.27. The maximum absolute atomic E-state index is 11.7. The lowest BCUT2D eigenvalue weighted by Gasteiger charge is -2.08. The van der Waals surface area contributed by atoms with Crippen molar-refractivity contribution >= 4 is 11.7 Å². The van der Waals surface area contributed by atoms with E-state index in [4.69, 9.17) is 5.73 Å². The first-order chi connectivity index (χ1) is 8.87. The minimum Gasteiger partial charge on any atom is -0.438 e. The first-order valence-electron chi connectivity index (χ1n) is 5.51. The van der Waals surface area contributed by atoms with Gasteiger partial charge in [0.1, 0.15) is 6.61 Å². The van der Waals surface area contributed by atoms with Crippen LogP contribution >= 0.6 is 0 Å². The second kappa shape index (κ2) is 6.98. The summed E-state index contributed by atoms with van der Waals surface area (Å²) in [5.74, 6) is -0.612. The molecule has 0 unspecified atom stereocenters. The topological polar surface area (TPSA) is 61.6 Å². The summed E-state index contributed by atoms with van der Waals surface area (Å²) in [4.78, 5) is 11.2. The van der Waals surface area contributed by atoms with E-state index in [1.807, 2.05) is 0 Å². The first kappa shape index (κ1) is 15.3. The van der Waals surface area contributed by atoms with Crippen LogP contribution in [0.25, 0.3) is 0 Å². The van der Waals surface area contributed by atoms with Crippen molar-refractivity contribution in [2.45, 2.75) is 19.0 Å². The van der Waals surface area contributed by atoms with Crippen LogP contribution in [0.4, 0.5) is 18.9 Å². The molecule has 0 saturated carbocycles. The number of esters is 1. The van der Waals surface area contributed by atoms with Crippen LogP contribution in [0.3, 0.4) is 0 Å². The summed E-state index contributed by atoms with van der Waals surface area (Å²) < 4.78 is 43.8. The summed E-state index contributed by atoms with van der Waals surface area (Å²) in [6, 6.07) is 6.94. The Morgan fingerprint density at radius 1 is 1.21 bits per heavy atom. The number of carbonyl (C=O) groups is 1. The molecule has 0 atom stereocenters. The van der Waals surface area contributed by atoms with Crippen molar-refractivity contribution in [1.29, 1.82) is 0 Å². The van der Waals surface area contributed by atoms with Gasteiger partial charge in [0.25, 0.3) is 0 Å². The van der Waals surface area contributed by atoms with Crippen LogP contribution < -0.4 is 5.73 Å². The van der Waals surface area contributed by atoms with E-state index in [1.54, 1.807) is 24.3 Å². The molecule has 0 aliphatic carbocycles. The Balaban J connectivity index is 2.16. The third-order valence-corrected chi connectivity index (χ3v) is 2.17. The maximum atomic E-state index is 11.7. The molecule has 0 fully saturated rings. The Morgan fingerprint density at radius 2 is 1.84 bits per heavy atom. The minimum absolute atomic E-state index is 0.0687. The standard InChI is InChI=1S/C12H14F3NO3/c13-12(14,15)7-18-8-19-11(17)6-3-9-1-4-10(16)5-2-9/h1-2,4-5H,3,6-8,16H2. The predicted molar refractivity (Wildman–Crippen MR) is 62.1 cm³/mol. The second-order valence-electron chi connectivity index (χ2n) is 3.84. The number of hydrogen-bond donors (Lipinski definition) is 1. The smallest absolute Gasteiger partial charge is 0.411 e. The predicted octanol–water partition coefficient (Wildman–Crippen LogP) is 2.28. The minimum atomic E-state index is -4.42. The van der Waals surface area contributed by atoms with Crippen LogP contribution in [0.5, 0.6) is 0 Å². The molecule has 0 aliphatic heterocycles. The van der Waals surface area contributed by atoms with Crippen LogP contribution in [-0.2, 0) is 20.7 Å². The third-order valence-electron chi connectivity index (χ3n) is 2.17. The van der Waals surface area contributed by atoms with Gasteiger partial charge in [0.15, 0.2) is 6.79 Å². The number of hydrogen-bond acceptors (Lipinski definition) is 4. The highest BCUT2D eigenvalue weighted by molar-refractivity contribution is 5.69. The van der Waals surface area contributed by atoms with E-state index in [0.717, 1.165) is 5.56 Å². The number of carbonyl (C=O) groups excluding carboxylic acids is 1. The fourth-order valence-corrected chi connectivity index (χ4v) is 1.27. The number of halogens is 3. The Hall–Kier alpha value is -1.76. The van der Waals surface area contributed by atoms with Gasteiger partial charge < -0.3 is 15.2 Å². The largest absolute Gasteiger partial charge is 0.438 e. The van der Waals surface area contributed by atoms with Crippen molar-refractivity contribution in [1.82, 2.24) is 0 Å². The highest BCUT2D eigenvalue weighted by atomic mass is 19.4. The lowest BCUT2D eigenvalue weighted by atomic mass is 10.1. The quantitative estimate of drug-likeness (QED) is 0.375. The average Bonchev–Trinajstić information content (AvgIpc) is 2.33. The SMILES string of the molecule is Nc1ccc(CCC(=O)OCOCC(F)(F)F)cc1. The molecule has 0 spiro atoms. The molecule has 2 N–H and O–H groups in total. The number of rotatable bonds is 6. The van der Waals surface area contributed by atoms with Crippen molar-refractivity contribution in [2.24, 2.45) is 0 Å². The Morgan fingerprint density at radius 3 is 2.42 bits per heavy atom. The molecule has 0 bridgehead atoms. The van der Waals surface area contributed by atoms with E-state index in [9.17, 15) is 18.0 Å². The van der Waals surface area contributed by atoms with E-state index >= 15 is 0 Å². The van der Waals surface area contributed by atoms with Crippen molar-refractivity contribution in [3.05, 3.63) is 29.8 Å². The van der Waals surface area contributed by atoms with Crippen LogP contribution in [0.2, 0.25) is 0 Å². The zero-order valence-electron chi connectivity index (χ0n) is 10.1. The second-order valence-corrected chi connectivity index (χ2v) is 3.84. The van der Waals surface area contributed by atoms with Crippen LogP contribution in [-0.4, -0.2) is 25.5 Å². The van der Waals surface area contributed by atoms with Crippen LogP contribution in [0.1, 0.15) is 12.0 Å². The molecule has 7 heteroatoms. The number of nitrogen functional groups attached to an aromatic ring is 1. The van der Waals surface area contributed by atoms with Crippen molar-refractivity contribution < 1.29 is 27.4 Å². The van der Waals surface area contributed by atoms with Crippen LogP contribution in [0, 0.1) is 0 Å². The average molecular weight is 277 g/mol. The molecule has 0 aromatic heterocycles. The Labute approximate surface area is 108 Å². The number of benzene rings is 1. The molecule has 106 valence electrons. The van der Waals surface area contributed by atoms with Gasteiger partial charge >= 0.3 is 12.1 Å². The highest BCUT2D eigenvalue weighted by Crippen LogP contribution is 2.14. The lowest BCUT2D eigenvalue weighted by Crippen LogP contribution is -2.19. The van der Waals surface area contributed by atoms with Gasteiger partial charge in [-0.25, -0.2) is 0 Å². The van der Waals surface area contributed by atoms with Crippen molar-refractivity contribution in [3.63, 3.8) is 0 Å². The molecule has 1 aromatic carbocycles. The van der Waals surface area contributed by atoms with Gasteiger partial charge in [-0.3, -0.25) is 4.79 Å². The normalized spacial score (nSPS) is 11.3. The van der Waals surface area contributed by atoms with Gasteiger partial charge in [-0.2, -0.15) is 13.2 Å². The zero-order chi connectivity index (χ0) is 14.3. The molecular formula is C12H14F3NO3. The third kappa shape index (κ3) is 7.30. The molecule has 1 rings (SSSR count). The summed E-state index contributed by atoms with van der Waals surface area (Å²) in [5.41, 5.74) is 7.01. The van der Waals surface area contributed by atoms with Gasteiger partial charge in [0, 0.05) is 12.1 Å². The first-order valence-corrected chi connectivity index (χ1v) is 5.51. The summed E-state index contributed by atoms with van der Waals surface area (Å²) in [6.07, 6.45) is -3.92. The molecule has 19 heavy (non-hydrogen) atoms. The summed E-state index contributed by atoms with van der Waals surface area (Å²) in [7, 11) is 0. The van der Waals surface area contributed by atoms with E-state index < -0.39 is 25.5 Å². The summed E-state index contributed by atoms with van der Waals surface area (Å²) in [5, 5.41) is 0. The van der Waals surface area contributed by atoms with Gasteiger partial charge in [0.05, 0.1) is 0 Å². The summed E-state index contributed by atoms with van der Waals surface area (Å²) >= 11 is 0. The van der Waals surface area contributed by atoms with Gasteiger partial charge in [-0.1, -0.05) is 12.1 Å². The number of aryl methyl sites for hydroxylation is 1. The number of anilines is 1. The number of ether oxygens (including phenoxy) is 2. The summed E-state index contributed by atoms with van der Waals surface area (Å²) in [6.45, 7) is -2.13. The van der Waals surface area contributed by atoms with Crippen LogP contribution in [0.15, 0.2) is 24.3 Å². The van der Waals surface area contributed by atoms with Crippen molar-refractivity contribution in [3.8, 4) is 0 Å². The fraction of sp³-hybridized carbons (Fsp3) is 0.417. The van der Waals surface area contributed by atoms with E-state index in [0.29, 0.717) is 12.1 Å². The molecule has 0 amide bonds. The number of nitrogens with two attached hydrogens (primary N) is 1. The molecule has 4 nitrogen and oxygen atoms in total. The van der Waals surface area contributed by atoms with E-state index in [-0.39, 0.29) is 6.42 Å². The van der Waals surface area contributed by atoms with E-state index in [2.05, 4.69) is 9.47 Å². The monoisotopic (exact) mass is 277 g/mol. The van der Waals surface area contributed by atoms with Gasteiger partial charge in [-0.05, 0) is 24.1 Å². The van der Waals surface area contributed by atoms with E-state index in [1.165, 1.54) is 0 Å². The molecule has 1 aromatic rings. The van der Waals surface area contributed by atoms with Crippen molar-refractivity contribution in [2.75, 3.05) is 19.1 Å². The molecule has 0 radical (unpaired) electrons. The molecular weight excluding hydrogens is 263 g/mol. The number of alkyl halides is 3. The van der Waals surface area contributed by atoms with Gasteiger partial charge in [0.2, 0.25) is 0 Å². The highest BCUT2D eigenvalue weighted by Gasteiger charge is 2.27. The lowest BCUT2D eigenvalue weighted by molar-refractivity contribution is -0.200.